The third kappa shape index (κ3) is 3.67. The van der Waals surface area contributed by atoms with E-state index in [9.17, 15) is 14.4 Å². The van der Waals surface area contributed by atoms with E-state index in [1.165, 1.54) is 4.90 Å². The SMILES string of the molecule is O=C(Oc1ccc(OCc2ccccc2)cc1)c1cccc(N2C(=O)[C@H]3[C@@H]4C=C[C@H]([C@H]5C[C@H]45)[C@@H]3C2=O)c1. The zero-order valence-electron chi connectivity index (χ0n) is 20.0. The highest BCUT2D eigenvalue weighted by atomic mass is 16.5. The number of rotatable bonds is 6. The second-order valence-electron chi connectivity index (χ2n) is 10.4. The van der Waals surface area contributed by atoms with Gasteiger partial charge in [-0.05, 0) is 78.1 Å². The van der Waals surface area contributed by atoms with E-state index in [4.69, 9.17) is 9.47 Å². The van der Waals surface area contributed by atoms with Gasteiger partial charge in [0.1, 0.15) is 18.1 Å². The summed E-state index contributed by atoms with van der Waals surface area (Å²) in [5.74, 6) is 1.07. The summed E-state index contributed by atoms with van der Waals surface area (Å²) in [5.41, 5.74) is 1.77. The maximum Gasteiger partial charge on any atom is 0.343 e. The molecule has 2 amide bonds. The van der Waals surface area contributed by atoms with Crippen molar-refractivity contribution in [3.05, 3.63) is 102 Å². The number of ether oxygens (including phenoxy) is 2. The minimum atomic E-state index is -0.556. The molecule has 3 aromatic rings. The van der Waals surface area contributed by atoms with Gasteiger partial charge in [0.2, 0.25) is 11.8 Å². The van der Waals surface area contributed by atoms with Gasteiger partial charge >= 0.3 is 5.97 Å². The molecule has 2 bridgehead atoms. The Bertz CT molecular complexity index is 1390. The van der Waals surface area contributed by atoms with Crippen molar-refractivity contribution in [3.63, 3.8) is 0 Å². The van der Waals surface area contributed by atoms with Crippen LogP contribution in [0.1, 0.15) is 22.3 Å². The number of hydrogen-bond donors (Lipinski definition) is 0. The first kappa shape index (κ1) is 22.0. The van der Waals surface area contributed by atoms with Crippen LogP contribution in [0.25, 0.3) is 0 Å². The van der Waals surface area contributed by atoms with Crippen molar-refractivity contribution in [2.45, 2.75) is 13.0 Å². The Kier molecular flexibility index (Phi) is 5.03. The molecule has 0 spiro atoms. The van der Waals surface area contributed by atoms with Gasteiger partial charge in [-0.15, -0.1) is 0 Å². The zero-order valence-corrected chi connectivity index (χ0v) is 20.0. The number of carbonyl (C=O) groups is 3. The van der Waals surface area contributed by atoms with Crippen molar-refractivity contribution in [2.75, 3.05) is 4.90 Å². The minimum Gasteiger partial charge on any atom is -0.489 e. The van der Waals surface area contributed by atoms with Gasteiger partial charge in [0.25, 0.3) is 0 Å². The van der Waals surface area contributed by atoms with Crippen LogP contribution < -0.4 is 14.4 Å². The quantitative estimate of drug-likeness (QED) is 0.209. The fraction of sp³-hybridized carbons (Fsp3) is 0.258. The lowest BCUT2D eigenvalue weighted by Gasteiger charge is -2.37. The topological polar surface area (TPSA) is 72.9 Å². The summed E-state index contributed by atoms with van der Waals surface area (Å²) < 4.78 is 11.3. The van der Waals surface area contributed by atoms with Crippen LogP contribution in [-0.2, 0) is 16.2 Å². The number of amides is 2. The van der Waals surface area contributed by atoms with Crippen LogP contribution in [0.15, 0.2) is 91.0 Å². The highest BCUT2D eigenvalue weighted by Crippen LogP contribution is 2.65. The molecule has 1 saturated heterocycles. The van der Waals surface area contributed by atoms with Crippen LogP contribution in [0.5, 0.6) is 11.5 Å². The molecule has 1 aliphatic heterocycles. The number of hydrogen-bond acceptors (Lipinski definition) is 5. The number of anilines is 1. The largest absolute Gasteiger partial charge is 0.489 e. The van der Waals surface area contributed by atoms with E-state index in [1.54, 1.807) is 48.5 Å². The first-order valence-corrected chi connectivity index (χ1v) is 12.7. The van der Waals surface area contributed by atoms with Crippen LogP contribution >= 0.6 is 0 Å². The number of nitrogens with zero attached hydrogens (tertiary/aromatic N) is 1. The van der Waals surface area contributed by atoms with Crippen LogP contribution in [0.4, 0.5) is 5.69 Å². The number of benzene rings is 3. The molecule has 6 nitrogen and oxygen atoms in total. The zero-order chi connectivity index (χ0) is 25.1. The first-order chi connectivity index (χ1) is 18.1. The molecule has 8 rings (SSSR count). The van der Waals surface area contributed by atoms with E-state index >= 15 is 0 Å². The maximum atomic E-state index is 13.4. The molecule has 37 heavy (non-hydrogen) atoms. The summed E-state index contributed by atoms with van der Waals surface area (Å²) in [6, 6.07) is 23.3. The lowest BCUT2D eigenvalue weighted by molar-refractivity contribution is -0.124. The molecular weight excluding hydrogens is 466 g/mol. The number of carbonyl (C=O) groups excluding carboxylic acids is 3. The van der Waals surface area contributed by atoms with Crippen LogP contribution in [-0.4, -0.2) is 17.8 Å². The van der Waals surface area contributed by atoms with Gasteiger partial charge < -0.3 is 9.47 Å². The summed E-state index contributed by atoms with van der Waals surface area (Å²) in [7, 11) is 0. The van der Waals surface area contributed by atoms with Crippen molar-refractivity contribution < 1.29 is 23.9 Å². The molecule has 1 heterocycles. The van der Waals surface area contributed by atoms with Crippen molar-refractivity contribution in [2.24, 2.45) is 35.5 Å². The Labute approximate surface area is 214 Å². The second kappa shape index (κ2) is 8.44. The lowest BCUT2D eigenvalue weighted by atomic mass is 9.63. The highest BCUT2D eigenvalue weighted by Gasteiger charge is 2.67. The first-order valence-electron chi connectivity index (χ1n) is 12.7. The molecular formula is C31H25NO5. The van der Waals surface area contributed by atoms with Crippen molar-refractivity contribution in [1.29, 1.82) is 0 Å². The number of imide groups is 1. The second-order valence-corrected chi connectivity index (χ2v) is 10.4. The van der Waals surface area contributed by atoms with Gasteiger partial charge in [0, 0.05) is 0 Å². The summed E-state index contributed by atoms with van der Waals surface area (Å²) in [5, 5.41) is 0. The predicted molar refractivity (Wildman–Crippen MR) is 136 cm³/mol. The van der Waals surface area contributed by atoms with Gasteiger partial charge in [-0.1, -0.05) is 48.6 Å². The Morgan fingerprint density at radius 1 is 0.784 bits per heavy atom. The van der Waals surface area contributed by atoms with E-state index < -0.39 is 5.97 Å². The average molecular weight is 492 g/mol. The minimum absolute atomic E-state index is 0.142. The molecule has 5 aliphatic rings. The third-order valence-electron chi connectivity index (χ3n) is 8.29. The van der Waals surface area contributed by atoms with E-state index in [0.29, 0.717) is 35.6 Å². The summed E-state index contributed by atoms with van der Waals surface area (Å²) in [4.78, 5) is 41.0. The molecule has 0 unspecified atom stereocenters. The molecule has 3 fully saturated rings. The molecule has 6 atom stereocenters. The monoisotopic (exact) mass is 491 g/mol. The summed E-state index contributed by atoms with van der Waals surface area (Å²) in [6.07, 6.45) is 5.43. The van der Waals surface area contributed by atoms with E-state index in [0.717, 1.165) is 12.0 Å². The number of esters is 1. The van der Waals surface area contributed by atoms with Crippen molar-refractivity contribution in [1.82, 2.24) is 0 Å². The molecule has 0 aromatic heterocycles. The van der Waals surface area contributed by atoms with Gasteiger partial charge in [0.05, 0.1) is 23.1 Å². The third-order valence-corrected chi connectivity index (χ3v) is 8.29. The lowest BCUT2D eigenvalue weighted by Crippen LogP contribution is -2.40. The van der Waals surface area contributed by atoms with Crippen molar-refractivity contribution >= 4 is 23.5 Å². The summed E-state index contributed by atoms with van der Waals surface area (Å²) >= 11 is 0. The number of allylic oxidation sites excluding steroid dienone is 2. The predicted octanol–water partition coefficient (Wildman–Crippen LogP) is 5.04. The summed E-state index contributed by atoms with van der Waals surface area (Å²) in [6.45, 7) is 0.446. The molecule has 3 aromatic carbocycles. The van der Waals surface area contributed by atoms with Crippen LogP contribution in [0.2, 0.25) is 0 Å². The Morgan fingerprint density at radius 3 is 2.11 bits per heavy atom. The molecule has 6 heteroatoms. The standard InChI is InChI=1S/C31H25NO5/c33-29-27-23-13-14-24(26-16-25(23)26)28(27)30(34)32(29)20-8-4-7-19(15-20)31(35)37-22-11-9-21(10-12-22)36-17-18-5-2-1-3-6-18/h1-15,23-28H,16-17H2/t23-,24-,25-,26-,27+,28+/m1/s1. The average Bonchev–Trinajstić information content (AvgIpc) is 3.71. The molecule has 0 radical (unpaired) electrons. The van der Waals surface area contributed by atoms with Crippen LogP contribution in [0, 0.1) is 35.5 Å². The van der Waals surface area contributed by atoms with Gasteiger partial charge in [-0.2, -0.15) is 0 Å². The van der Waals surface area contributed by atoms with Gasteiger partial charge in [-0.3, -0.25) is 9.59 Å². The molecule has 2 saturated carbocycles. The Hall–Kier alpha value is -4.19. The molecule has 184 valence electrons. The van der Waals surface area contributed by atoms with Gasteiger partial charge in [0.15, 0.2) is 0 Å². The highest BCUT2D eigenvalue weighted by molar-refractivity contribution is 6.23. The Morgan fingerprint density at radius 2 is 1.43 bits per heavy atom. The fourth-order valence-corrected chi connectivity index (χ4v) is 6.49. The molecule has 4 aliphatic carbocycles. The van der Waals surface area contributed by atoms with E-state index in [1.807, 2.05) is 30.3 Å². The van der Waals surface area contributed by atoms with E-state index in [2.05, 4.69) is 12.2 Å². The van der Waals surface area contributed by atoms with E-state index in [-0.39, 0.29) is 41.0 Å². The van der Waals surface area contributed by atoms with Crippen LogP contribution in [0.3, 0.4) is 0 Å². The smallest absolute Gasteiger partial charge is 0.343 e. The Balaban J connectivity index is 1.04. The van der Waals surface area contributed by atoms with Gasteiger partial charge in [-0.25, -0.2) is 9.69 Å². The van der Waals surface area contributed by atoms with Crippen molar-refractivity contribution in [3.8, 4) is 11.5 Å². The fourth-order valence-electron chi connectivity index (χ4n) is 6.49. The maximum absolute atomic E-state index is 13.4. The normalized spacial score (nSPS) is 28.6. The molecule has 0 N–H and O–H groups in total.